The number of carbonyl (C=O) groups is 1. The van der Waals surface area contributed by atoms with Crippen LogP contribution in [0, 0.1) is 13.8 Å². The highest BCUT2D eigenvalue weighted by Crippen LogP contribution is 2.28. The first kappa shape index (κ1) is 30.9. The van der Waals surface area contributed by atoms with Gasteiger partial charge in [-0.1, -0.05) is 17.7 Å². The van der Waals surface area contributed by atoms with Crippen molar-refractivity contribution in [1.82, 2.24) is 14.1 Å². The molecule has 9 nitrogen and oxygen atoms in total. The van der Waals surface area contributed by atoms with E-state index in [-0.39, 0.29) is 30.6 Å². The Kier molecular flexibility index (Phi) is 11.6. The lowest BCUT2D eigenvalue weighted by Gasteiger charge is -2.21. The van der Waals surface area contributed by atoms with E-state index in [0.717, 1.165) is 12.1 Å². The van der Waals surface area contributed by atoms with Gasteiger partial charge in [0.25, 0.3) is 0 Å². The molecule has 0 radical (unpaired) electrons. The van der Waals surface area contributed by atoms with Crippen molar-refractivity contribution in [3.63, 3.8) is 0 Å². The molecule has 0 aliphatic rings. The third kappa shape index (κ3) is 8.86. The summed E-state index contributed by atoms with van der Waals surface area (Å²) in [6.07, 6.45) is 0. The molecule has 2 aromatic rings. The topological polar surface area (TPSA) is 88.6 Å². The summed E-state index contributed by atoms with van der Waals surface area (Å²) in [4.78, 5) is 16.3. The van der Waals surface area contributed by atoms with E-state index in [1.807, 2.05) is 25.1 Å². The van der Waals surface area contributed by atoms with Crippen molar-refractivity contribution < 1.29 is 27.4 Å². The van der Waals surface area contributed by atoms with E-state index < -0.39 is 10.0 Å². The van der Waals surface area contributed by atoms with Gasteiger partial charge >= 0.3 is 0 Å². The van der Waals surface area contributed by atoms with Crippen molar-refractivity contribution >= 4 is 27.5 Å². The Morgan fingerprint density at radius 1 is 0.973 bits per heavy atom. The zero-order valence-electron chi connectivity index (χ0n) is 22.7. The molecule has 206 valence electrons. The second-order valence-electron chi connectivity index (χ2n) is 9.14. The molecule has 0 unspecified atom stereocenters. The van der Waals surface area contributed by atoms with Crippen LogP contribution in [0.4, 0.5) is 0 Å². The zero-order valence-corrected chi connectivity index (χ0v) is 24.3. The molecule has 2 rings (SSSR count). The van der Waals surface area contributed by atoms with Crippen LogP contribution >= 0.6 is 11.6 Å². The molecule has 0 atom stereocenters. The molecular formula is C26H38ClN3O6S. The van der Waals surface area contributed by atoms with Gasteiger partial charge in [0.2, 0.25) is 15.9 Å². The van der Waals surface area contributed by atoms with Crippen LogP contribution in [0.5, 0.6) is 11.5 Å². The summed E-state index contributed by atoms with van der Waals surface area (Å²) in [6.45, 7) is 5.15. The molecule has 11 heteroatoms. The lowest BCUT2D eigenvalue weighted by Crippen LogP contribution is -2.33. The van der Waals surface area contributed by atoms with Gasteiger partial charge in [-0.05, 0) is 68.9 Å². The molecule has 0 saturated heterocycles. The van der Waals surface area contributed by atoms with Gasteiger partial charge in [-0.25, -0.2) is 8.42 Å². The fourth-order valence-corrected chi connectivity index (χ4v) is 5.45. The number of hydrogen-bond acceptors (Lipinski definition) is 7. The first-order valence-corrected chi connectivity index (χ1v) is 13.7. The maximum Gasteiger partial charge on any atom is 0.248 e. The number of aryl methyl sites for hydroxylation is 2. The second-order valence-corrected chi connectivity index (χ2v) is 11.5. The number of rotatable bonds is 14. The van der Waals surface area contributed by atoms with E-state index >= 15 is 0 Å². The van der Waals surface area contributed by atoms with Crippen molar-refractivity contribution in [3.8, 4) is 11.5 Å². The van der Waals surface area contributed by atoms with E-state index in [0.29, 0.717) is 40.8 Å². The molecule has 0 N–H and O–H groups in total. The van der Waals surface area contributed by atoms with Crippen molar-refractivity contribution in [2.24, 2.45) is 0 Å². The number of sulfonamides is 1. The molecule has 0 saturated carbocycles. The summed E-state index contributed by atoms with van der Waals surface area (Å²) < 4.78 is 43.8. The lowest BCUT2D eigenvalue weighted by atomic mass is 10.1. The predicted octanol–water partition coefficient (Wildman–Crippen LogP) is 3.20. The van der Waals surface area contributed by atoms with Crippen LogP contribution in [-0.4, -0.2) is 96.6 Å². The number of halogens is 1. The van der Waals surface area contributed by atoms with Gasteiger partial charge in [0.1, 0.15) is 24.7 Å². The van der Waals surface area contributed by atoms with E-state index in [9.17, 15) is 13.2 Å². The standard InChI is InChI=1S/C26H38ClN3O6S/c1-19-14-22(34-7)15-20(2)26(19)37(32,33)30(6)11-12-35-18-25(31)29(5)17-21-8-9-24(23(27)16-21)36-13-10-28(3)4/h8-9,14-16H,10-13,17-18H2,1-7H3. The fraction of sp³-hybridized carbons (Fsp3) is 0.500. The van der Waals surface area contributed by atoms with Crippen LogP contribution in [-0.2, 0) is 26.1 Å². The number of methoxy groups -OCH3 is 1. The summed E-state index contributed by atoms with van der Waals surface area (Å²) in [5, 5.41) is 0.486. The zero-order chi connectivity index (χ0) is 27.8. The summed E-state index contributed by atoms with van der Waals surface area (Å²) in [7, 11) is 4.92. The Balaban J connectivity index is 1.84. The molecule has 37 heavy (non-hydrogen) atoms. The Bertz CT molecular complexity index is 1150. The highest BCUT2D eigenvalue weighted by molar-refractivity contribution is 7.89. The van der Waals surface area contributed by atoms with Crippen LogP contribution < -0.4 is 9.47 Å². The highest BCUT2D eigenvalue weighted by Gasteiger charge is 2.25. The van der Waals surface area contributed by atoms with E-state index in [4.69, 9.17) is 25.8 Å². The van der Waals surface area contributed by atoms with Crippen molar-refractivity contribution in [2.45, 2.75) is 25.3 Å². The van der Waals surface area contributed by atoms with Gasteiger partial charge in [-0.15, -0.1) is 0 Å². The SMILES string of the molecule is COc1cc(C)c(S(=O)(=O)N(C)CCOCC(=O)N(C)Cc2ccc(OCCN(C)C)c(Cl)c2)c(C)c1. The van der Waals surface area contributed by atoms with Crippen LogP contribution in [0.3, 0.4) is 0 Å². The molecule has 2 aromatic carbocycles. The van der Waals surface area contributed by atoms with Gasteiger partial charge in [-0.2, -0.15) is 4.31 Å². The number of ether oxygens (including phenoxy) is 3. The fourth-order valence-electron chi connectivity index (χ4n) is 3.63. The first-order valence-electron chi connectivity index (χ1n) is 11.9. The lowest BCUT2D eigenvalue weighted by molar-refractivity contribution is -0.135. The molecular weight excluding hydrogens is 518 g/mol. The number of carbonyl (C=O) groups excluding carboxylic acids is 1. The Morgan fingerprint density at radius 2 is 1.62 bits per heavy atom. The van der Waals surface area contributed by atoms with Crippen molar-refractivity contribution in [1.29, 1.82) is 0 Å². The predicted molar refractivity (Wildman–Crippen MR) is 145 cm³/mol. The maximum atomic E-state index is 13.1. The average molecular weight is 556 g/mol. The highest BCUT2D eigenvalue weighted by atomic mass is 35.5. The normalized spacial score (nSPS) is 11.7. The van der Waals surface area contributed by atoms with Gasteiger partial charge in [0.15, 0.2) is 0 Å². The van der Waals surface area contributed by atoms with Crippen molar-refractivity contribution in [2.75, 3.05) is 68.2 Å². The number of hydrogen-bond donors (Lipinski definition) is 0. The average Bonchev–Trinajstić information content (AvgIpc) is 2.81. The van der Waals surface area contributed by atoms with Gasteiger partial charge in [0.05, 0.1) is 23.6 Å². The van der Waals surface area contributed by atoms with Gasteiger partial charge in [0, 0.05) is 33.7 Å². The molecule has 0 aliphatic carbocycles. The largest absolute Gasteiger partial charge is 0.497 e. The second kappa shape index (κ2) is 14.0. The van der Waals surface area contributed by atoms with E-state index in [1.54, 1.807) is 52.3 Å². The molecule has 0 heterocycles. The smallest absolute Gasteiger partial charge is 0.248 e. The Hall–Kier alpha value is -2.37. The van der Waals surface area contributed by atoms with Gasteiger partial charge < -0.3 is 24.0 Å². The first-order chi connectivity index (χ1) is 17.4. The number of amides is 1. The molecule has 0 spiro atoms. The van der Waals surface area contributed by atoms with Crippen LogP contribution in [0.1, 0.15) is 16.7 Å². The van der Waals surface area contributed by atoms with Crippen molar-refractivity contribution in [3.05, 3.63) is 52.0 Å². The molecule has 0 aromatic heterocycles. The molecule has 0 aliphatic heterocycles. The van der Waals surface area contributed by atoms with Gasteiger partial charge in [-0.3, -0.25) is 4.79 Å². The number of nitrogens with zero attached hydrogens (tertiary/aromatic N) is 3. The third-order valence-electron chi connectivity index (χ3n) is 5.75. The summed E-state index contributed by atoms with van der Waals surface area (Å²) in [5.74, 6) is 0.979. The Morgan fingerprint density at radius 3 is 2.19 bits per heavy atom. The summed E-state index contributed by atoms with van der Waals surface area (Å²) in [5.41, 5.74) is 2.07. The Labute approximate surface area is 225 Å². The quantitative estimate of drug-likeness (QED) is 0.331. The minimum Gasteiger partial charge on any atom is -0.497 e. The van der Waals surface area contributed by atoms with Crippen LogP contribution in [0.25, 0.3) is 0 Å². The molecule has 0 fully saturated rings. The summed E-state index contributed by atoms with van der Waals surface area (Å²) >= 11 is 6.33. The van der Waals surface area contributed by atoms with Crippen LogP contribution in [0.15, 0.2) is 35.2 Å². The summed E-state index contributed by atoms with van der Waals surface area (Å²) in [6, 6.07) is 8.82. The molecule has 0 bridgehead atoms. The number of likely N-dealkylation sites (N-methyl/N-ethyl adjacent to an activating group) is 3. The third-order valence-corrected chi connectivity index (χ3v) is 8.21. The molecule has 1 amide bonds. The minimum absolute atomic E-state index is 0.0778. The monoisotopic (exact) mass is 555 g/mol. The van der Waals surface area contributed by atoms with E-state index in [1.165, 1.54) is 16.3 Å². The maximum absolute atomic E-state index is 13.1. The number of benzene rings is 2. The minimum atomic E-state index is -3.72. The van der Waals surface area contributed by atoms with E-state index in [2.05, 4.69) is 0 Å². The van der Waals surface area contributed by atoms with Crippen LogP contribution in [0.2, 0.25) is 5.02 Å².